The van der Waals surface area contributed by atoms with Crippen molar-refractivity contribution in [3.63, 3.8) is 0 Å². The van der Waals surface area contributed by atoms with E-state index in [1.807, 2.05) is 29.2 Å². The van der Waals surface area contributed by atoms with Crippen LogP contribution in [0.2, 0.25) is 0 Å². The molecule has 118 valence electrons. The summed E-state index contributed by atoms with van der Waals surface area (Å²) < 4.78 is 0. The number of aryl methyl sites for hydroxylation is 1. The largest absolute Gasteiger partial charge is 0.326 e. The molecule has 1 aliphatic carbocycles. The maximum absolute atomic E-state index is 13.3. The minimum atomic E-state index is -0.0293. The summed E-state index contributed by atoms with van der Waals surface area (Å²) in [7, 11) is 0. The van der Waals surface area contributed by atoms with Crippen LogP contribution in [0, 0.1) is 0 Å². The Hall–Kier alpha value is -2.13. The van der Waals surface area contributed by atoms with Gasteiger partial charge < -0.3 is 10.6 Å². The van der Waals surface area contributed by atoms with Crippen LogP contribution in [-0.2, 0) is 17.6 Å². The van der Waals surface area contributed by atoms with Crippen LogP contribution in [0.1, 0.15) is 35.4 Å². The van der Waals surface area contributed by atoms with E-state index in [2.05, 4.69) is 24.3 Å². The Morgan fingerprint density at radius 3 is 2.65 bits per heavy atom. The first-order chi connectivity index (χ1) is 11.2. The molecule has 2 unspecified atom stereocenters. The molecule has 2 N–H and O–H groups in total. The smallest absolute Gasteiger partial charge is 0.234 e. The van der Waals surface area contributed by atoms with E-state index in [0.717, 1.165) is 31.4 Å². The van der Waals surface area contributed by atoms with E-state index in [0.29, 0.717) is 6.54 Å². The monoisotopic (exact) mass is 306 g/mol. The molecule has 2 aliphatic rings. The minimum absolute atomic E-state index is 0.0210. The molecule has 0 radical (unpaired) electrons. The van der Waals surface area contributed by atoms with Crippen LogP contribution >= 0.6 is 0 Å². The number of fused-ring (bicyclic) bond motifs is 2. The fraction of sp³-hybridized carbons (Fsp3) is 0.350. The van der Waals surface area contributed by atoms with E-state index in [9.17, 15) is 4.79 Å². The standard InChI is InChI=1S/C20H22N2O/c21-16-12-15-7-2-4-11-19(15)22(13-16)20(23)18-10-5-8-14-6-1-3-9-17(14)18/h1-4,6-7,9,11,16,18H,5,8,10,12-13,21H2. The highest BCUT2D eigenvalue weighted by atomic mass is 16.2. The van der Waals surface area contributed by atoms with Gasteiger partial charge in [0.05, 0.1) is 5.92 Å². The molecule has 1 aliphatic heterocycles. The lowest BCUT2D eigenvalue weighted by atomic mass is 9.81. The van der Waals surface area contributed by atoms with Crippen LogP contribution in [-0.4, -0.2) is 18.5 Å². The highest BCUT2D eigenvalue weighted by molar-refractivity contribution is 5.99. The second kappa shape index (κ2) is 5.82. The van der Waals surface area contributed by atoms with Crippen molar-refractivity contribution in [2.24, 2.45) is 5.73 Å². The fourth-order valence-corrected chi connectivity index (χ4v) is 4.03. The van der Waals surface area contributed by atoms with E-state index < -0.39 is 0 Å². The Bertz CT molecular complexity index is 740. The van der Waals surface area contributed by atoms with Gasteiger partial charge in [0.15, 0.2) is 0 Å². The number of anilines is 1. The molecule has 2 aromatic rings. The Balaban J connectivity index is 1.71. The van der Waals surface area contributed by atoms with Gasteiger partial charge in [-0.25, -0.2) is 0 Å². The number of benzene rings is 2. The quantitative estimate of drug-likeness (QED) is 0.880. The first kappa shape index (κ1) is 14.5. The van der Waals surface area contributed by atoms with Crippen LogP contribution in [0.3, 0.4) is 0 Å². The van der Waals surface area contributed by atoms with Crippen molar-refractivity contribution in [2.75, 3.05) is 11.4 Å². The lowest BCUT2D eigenvalue weighted by molar-refractivity contribution is -0.120. The van der Waals surface area contributed by atoms with Crippen LogP contribution < -0.4 is 10.6 Å². The highest BCUT2D eigenvalue weighted by Gasteiger charge is 2.33. The molecule has 0 saturated heterocycles. The zero-order valence-electron chi connectivity index (χ0n) is 13.2. The summed E-state index contributed by atoms with van der Waals surface area (Å²) in [6, 6.07) is 16.6. The Labute approximate surface area is 137 Å². The van der Waals surface area contributed by atoms with E-state index in [-0.39, 0.29) is 17.9 Å². The molecule has 0 saturated carbocycles. The van der Waals surface area contributed by atoms with E-state index in [1.54, 1.807) is 0 Å². The predicted octanol–water partition coefficient (Wildman–Crippen LogP) is 3.02. The third-order valence-electron chi connectivity index (χ3n) is 5.12. The van der Waals surface area contributed by atoms with Crippen LogP contribution in [0.25, 0.3) is 0 Å². The van der Waals surface area contributed by atoms with Crippen molar-refractivity contribution >= 4 is 11.6 Å². The molecule has 2 aromatic carbocycles. The van der Waals surface area contributed by atoms with Crippen molar-refractivity contribution in [1.29, 1.82) is 0 Å². The van der Waals surface area contributed by atoms with E-state index in [4.69, 9.17) is 5.73 Å². The summed E-state index contributed by atoms with van der Waals surface area (Å²) in [5, 5.41) is 0. The maximum Gasteiger partial charge on any atom is 0.234 e. The van der Waals surface area contributed by atoms with Crippen molar-refractivity contribution < 1.29 is 4.79 Å². The van der Waals surface area contributed by atoms with E-state index in [1.165, 1.54) is 16.7 Å². The fourth-order valence-electron chi connectivity index (χ4n) is 4.03. The number of carbonyl (C=O) groups excluding carboxylic acids is 1. The first-order valence-corrected chi connectivity index (χ1v) is 8.46. The molecule has 0 aromatic heterocycles. The zero-order valence-corrected chi connectivity index (χ0v) is 13.2. The molecular formula is C20H22N2O. The SMILES string of the molecule is NC1Cc2ccccc2N(C(=O)C2CCCc3ccccc32)C1. The lowest BCUT2D eigenvalue weighted by Gasteiger charge is -2.36. The zero-order chi connectivity index (χ0) is 15.8. The molecule has 23 heavy (non-hydrogen) atoms. The topological polar surface area (TPSA) is 46.3 Å². The average Bonchev–Trinajstić information content (AvgIpc) is 2.60. The third kappa shape index (κ3) is 2.55. The highest BCUT2D eigenvalue weighted by Crippen LogP contribution is 2.36. The van der Waals surface area contributed by atoms with Gasteiger partial charge in [-0.2, -0.15) is 0 Å². The number of carbonyl (C=O) groups is 1. The van der Waals surface area contributed by atoms with Gasteiger partial charge in [-0.05, 0) is 48.4 Å². The summed E-state index contributed by atoms with van der Waals surface area (Å²) in [6.45, 7) is 0.620. The summed E-state index contributed by atoms with van der Waals surface area (Å²) in [5.41, 5.74) is 11.0. The van der Waals surface area contributed by atoms with Crippen molar-refractivity contribution in [2.45, 2.75) is 37.6 Å². The van der Waals surface area contributed by atoms with Gasteiger partial charge in [0.1, 0.15) is 0 Å². The molecule has 3 heteroatoms. The van der Waals surface area contributed by atoms with Gasteiger partial charge in [-0.3, -0.25) is 4.79 Å². The van der Waals surface area contributed by atoms with Gasteiger partial charge in [0, 0.05) is 18.3 Å². The Morgan fingerprint density at radius 1 is 1.04 bits per heavy atom. The molecule has 4 rings (SSSR count). The lowest BCUT2D eigenvalue weighted by Crippen LogP contribution is -2.48. The molecule has 3 nitrogen and oxygen atoms in total. The molecule has 0 bridgehead atoms. The molecule has 1 amide bonds. The number of hydrogen-bond acceptors (Lipinski definition) is 2. The number of nitrogens with zero attached hydrogens (tertiary/aromatic N) is 1. The van der Waals surface area contributed by atoms with Gasteiger partial charge in [-0.15, -0.1) is 0 Å². The third-order valence-corrected chi connectivity index (χ3v) is 5.12. The van der Waals surface area contributed by atoms with Crippen LogP contribution in [0.15, 0.2) is 48.5 Å². The maximum atomic E-state index is 13.3. The number of para-hydroxylation sites is 1. The second-order valence-corrected chi connectivity index (χ2v) is 6.69. The molecular weight excluding hydrogens is 284 g/mol. The van der Waals surface area contributed by atoms with Crippen molar-refractivity contribution in [3.8, 4) is 0 Å². The summed E-state index contributed by atoms with van der Waals surface area (Å²) >= 11 is 0. The summed E-state index contributed by atoms with van der Waals surface area (Å²) in [4.78, 5) is 15.2. The number of nitrogens with two attached hydrogens (primary N) is 1. The van der Waals surface area contributed by atoms with Gasteiger partial charge in [-0.1, -0.05) is 42.5 Å². The van der Waals surface area contributed by atoms with Gasteiger partial charge in [0.25, 0.3) is 0 Å². The summed E-state index contributed by atoms with van der Waals surface area (Å²) in [6.07, 6.45) is 3.94. The normalized spacial score (nSPS) is 23.1. The summed E-state index contributed by atoms with van der Waals surface area (Å²) in [5.74, 6) is 0.179. The van der Waals surface area contributed by atoms with Crippen LogP contribution in [0.4, 0.5) is 5.69 Å². The number of rotatable bonds is 1. The molecule has 0 fully saturated rings. The van der Waals surface area contributed by atoms with E-state index >= 15 is 0 Å². The molecule has 0 spiro atoms. The minimum Gasteiger partial charge on any atom is -0.326 e. The molecule has 1 heterocycles. The van der Waals surface area contributed by atoms with Gasteiger partial charge in [0.2, 0.25) is 5.91 Å². The van der Waals surface area contributed by atoms with Crippen LogP contribution in [0.5, 0.6) is 0 Å². The Kier molecular flexibility index (Phi) is 3.66. The average molecular weight is 306 g/mol. The van der Waals surface area contributed by atoms with Crippen molar-refractivity contribution in [3.05, 3.63) is 65.2 Å². The predicted molar refractivity (Wildman–Crippen MR) is 92.6 cm³/mol. The van der Waals surface area contributed by atoms with Gasteiger partial charge >= 0.3 is 0 Å². The second-order valence-electron chi connectivity index (χ2n) is 6.69. The van der Waals surface area contributed by atoms with Crippen molar-refractivity contribution in [1.82, 2.24) is 0 Å². The molecule has 2 atom stereocenters. The number of amides is 1. The Morgan fingerprint density at radius 2 is 1.78 bits per heavy atom. The first-order valence-electron chi connectivity index (χ1n) is 8.46. The number of hydrogen-bond donors (Lipinski definition) is 1.